The van der Waals surface area contributed by atoms with Crippen LogP contribution in [0.3, 0.4) is 0 Å². The number of primary sulfonamides is 1. The number of nitrogens with two attached hydrogens (primary N) is 1. The summed E-state index contributed by atoms with van der Waals surface area (Å²) in [6.45, 7) is 1.78. The molecular weight excluding hydrogens is 289 g/mol. The highest BCUT2D eigenvalue weighted by atomic mass is 32.2. The Labute approximate surface area is 116 Å². The Kier molecular flexibility index (Phi) is 5.61. The lowest BCUT2D eigenvalue weighted by molar-refractivity contribution is 0.0462. The summed E-state index contributed by atoms with van der Waals surface area (Å²) in [6.07, 6.45) is 0.456. The third-order valence-corrected chi connectivity index (χ3v) is 3.40. The number of carbonyl (C=O) groups is 1. The molecule has 2 N–H and O–H groups in total. The van der Waals surface area contributed by atoms with Gasteiger partial charge in [0.05, 0.1) is 17.1 Å². The summed E-state index contributed by atoms with van der Waals surface area (Å²) >= 11 is 0. The fourth-order valence-corrected chi connectivity index (χ4v) is 2.12. The Morgan fingerprint density at radius 2 is 2.00 bits per heavy atom. The molecule has 0 atom stereocenters. The molecule has 0 fully saturated rings. The van der Waals surface area contributed by atoms with Crippen LogP contribution >= 0.6 is 0 Å². The molecule has 0 aliphatic heterocycles. The Hall–Kier alpha value is -1.51. The highest BCUT2D eigenvalue weighted by Gasteiger charge is 2.20. The van der Waals surface area contributed by atoms with Crippen LogP contribution in [0.1, 0.15) is 22.3 Å². The number of rotatable bonds is 6. The van der Waals surface area contributed by atoms with E-state index in [0.29, 0.717) is 13.0 Å². The van der Waals surface area contributed by atoms with Gasteiger partial charge in [-0.3, -0.25) is 0 Å². The van der Waals surface area contributed by atoms with Crippen molar-refractivity contribution < 1.29 is 27.1 Å². The van der Waals surface area contributed by atoms with Gasteiger partial charge in [-0.15, -0.1) is 0 Å². The van der Waals surface area contributed by atoms with E-state index in [1.54, 1.807) is 0 Å². The molecule has 112 valence electrons. The summed E-state index contributed by atoms with van der Waals surface area (Å²) in [5.41, 5.74) is -0.452. The Morgan fingerprint density at radius 1 is 1.35 bits per heavy atom. The van der Waals surface area contributed by atoms with Gasteiger partial charge in [-0.25, -0.2) is 22.7 Å². The molecule has 0 amide bonds. The smallest absolute Gasteiger partial charge is 0.341 e. The molecule has 1 aromatic carbocycles. The first kappa shape index (κ1) is 16.5. The second-order valence-electron chi connectivity index (χ2n) is 4.13. The molecule has 1 aromatic rings. The molecule has 6 nitrogen and oxygen atoms in total. The zero-order valence-corrected chi connectivity index (χ0v) is 12.0. The van der Waals surface area contributed by atoms with Crippen LogP contribution in [-0.2, 0) is 19.5 Å². The van der Waals surface area contributed by atoms with Crippen LogP contribution in [0.15, 0.2) is 17.0 Å². The predicted molar refractivity (Wildman–Crippen MR) is 69.3 cm³/mol. The minimum absolute atomic E-state index is 0.000339. The number of esters is 1. The SMILES string of the molecule is COCCCOC(=O)c1cc(S(N)(=O)=O)cc(C)c1F. The molecule has 0 aliphatic carbocycles. The Morgan fingerprint density at radius 3 is 2.55 bits per heavy atom. The monoisotopic (exact) mass is 305 g/mol. The van der Waals surface area contributed by atoms with Gasteiger partial charge in [-0.05, 0) is 24.6 Å². The topological polar surface area (TPSA) is 95.7 Å². The fourth-order valence-electron chi connectivity index (χ4n) is 1.50. The van der Waals surface area contributed by atoms with E-state index in [1.807, 2.05) is 0 Å². The van der Waals surface area contributed by atoms with Crippen LogP contribution in [-0.4, -0.2) is 34.7 Å². The number of halogens is 1. The van der Waals surface area contributed by atoms with Gasteiger partial charge >= 0.3 is 5.97 Å². The van der Waals surface area contributed by atoms with Crippen molar-refractivity contribution in [1.29, 1.82) is 0 Å². The molecule has 8 heteroatoms. The lowest BCUT2D eigenvalue weighted by atomic mass is 10.1. The molecule has 0 saturated heterocycles. The van der Waals surface area contributed by atoms with Crippen molar-refractivity contribution in [3.63, 3.8) is 0 Å². The summed E-state index contributed by atoms with van der Waals surface area (Å²) < 4.78 is 46.0. The maximum atomic E-state index is 13.8. The minimum atomic E-state index is -4.02. The van der Waals surface area contributed by atoms with Crippen molar-refractivity contribution in [2.45, 2.75) is 18.2 Å². The summed E-state index contributed by atoms with van der Waals surface area (Å²) in [6, 6.07) is 1.93. The number of methoxy groups -OCH3 is 1. The maximum Gasteiger partial charge on any atom is 0.341 e. The highest BCUT2D eigenvalue weighted by molar-refractivity contribution is 7.89. The lowest BCUT2D eigenvalue weighted by Crippen LogP contribution is -2.16. The average molecular weight is 305 g/mol. The highest BCUT2D eigenvalue weighted by Crippen LogP contribution is 2.19. The molecule has 20 heavy (non-hydrogen) atoms. The first-order valence-electron chi connectivity index (χ1n) is 5.76. The number of hydrogen-bond acceptors (Lipinski definition) is 5. The zero-order chi connectivity index (χ0) is 15.3. The van der Waals surface area contributed by atoms with Gasteiger partial charge in [-0.1, -0.05) is 0 Å². The standard InChI is InChI=1S/C12H16FNO5S/c1-8-6-9(20(14,16)17)7-10(11(8)13)12(15)19-5-3-4-18-2/h6-7H,3-5H2,1-2H3,(H2,14,16,17). The van der Waals surface area contributed by atoms with Crippen molar-refractivity contribution in [1.82, 2.24) is 0 Å². The first-order valence-corrected chi connectivity index (χ1v) is 7.31. The van der Waals surface area contributed by atoms with Crippen LogP contribution in [0.4, 0.5) is 4.39 Å². The van der Waals surface area contributed by atoms with Gasteiger partial charge in [0.15, 0.2) is 0 Å². The number of aryl methyl sites for hydroxylation is 1. The van der Waals surface area contributed by atoms with Crippen molar-refractivity contribution in [2.24, 2.45) is 5.14 Å². The molecular formula is C12H16FNO5S. The molecule has 0 aromatic heterocycles. The van der Waals surface area contributed by atoms with Gasteiger partial charge in [0.1, 0.15) is 5.82 Å². The summed E-state index contributed by atoms with van der Waals surface area (Å²) in [7, 11) is -2.52. The lowest BCUT2D eigenvalue weighted by Gasteiger charge is -2.09. The van der Waals surface area contributed by atoms with Crippen LogP contribution in [0.2, 0.25) is 0 Å². The largest absolute Gasteiger partial charge is 0.462 e. The van der Waals surface area contributed by atoms with E-state index >= 15 is 0 Å². The van der Waals surface area contributed by atoms with Gasteiger partial charge < -0.3 is 9.47 Å². The summed E-state index contributed by atoms with van der Waals surface area (Å²) in [5, 5.41) is 4.97. The minimum Gasteiger partial charge on any atom is -0.462 e. The van der Waals surface area contributed by atoms with E-state index in [2.05, 4.69) is 0 Å². The Balaban J connectivity index is 2.99. The van der Waals surface area contributed by atoms with E-state index in [-0.39, 0.29) is 17.1 Å². The molecule has 1 rings (SSSR count). The fraction of sp³-hybridized carbons (Fsp3) is 0.417. The number of sulfonamides is 1. The predicted octanol–water partition coefficient (Wildman–Crippen LogP) is 0.975. The van der Waals surface area contributed by atoms with Crippen LogP contribution < -0.4 is 5.14 Å². The van der Waals surface area contributed by atoms with E-state index < -0.39 is 27.4 Å². The van der Waals surface area contributed by atoms with Gasteiger partial charge in [-0.2, -0.15) is 0 Å². The maximum absolute atomic E-state index is 13.8. The van der Waals surface area contributed by atoms with Crippen molar-refractivity contribution >= 4 is 16.0 Å². The van der Waals surface area contributed by atoms with E-state index in [0.717, 1.165) is 12.1 Å². The summed E-state index contributed by atoms with van der Waals surface area (Å²) in [5.74, 6) is -1.76. The molecule has 0 unspecified atom stereocenters. The molecule has 0 aliphatic rings. The van der Waals surface area contributed by atoms with E-state index in [4.69, 9.17) is 14.6 Å². The van der Waals surface area contributed by atoms with E-state index in [9.17, 15) is 17.6 Å². The molecule has 0 radical (unpaired) electrons. The number of carbonyl (C=O) groups excluding carboxylic acids is 1. The normalized spacial score (nSPS) is 11.4. The third kappa shape index (κ3) is 4.26. The number of benzene rings is 1. The van der Waals surface area contributed by atoms with Crippen molar-refractivity contribution in [3.05, 3.63) is 29.1 Å². The van der Waals surface area contributed by atoms with Crippen LogP contribution in [0, 0.1) is 12.7 Å². The zero-order valence-electron chi connectivity index (χ0n) is 11.2. The molecule has 0 heterocycles. The molecule has 0 saturated carbocycles. The first-order chi connectivity index (χ1) is 9.27. The number of hydrogen-bond donors (Lipinski definition) is 1. The van der Waals surface area contributed by atoms with Gasteiger partial charge in [0.25, 0.3) is 0 Å². The van der Waals surface area contributed by atoms with Gasteiger partial charge in [0.2, 0.25) is 10.0 Å². The number of ether oxygens (including phenoxy) is 2. The van der Waals surface area contributed by atoms with Crippen molar-refractivity contribution in [3.8, 4) is 0 Å². The molecule has 0 bridgehead atoms. The molecule has 0 spiro atoms. The second-order valence-corrected chi connectivity index (χ2v) is 5.69. The van der Waals surface area contributed by atoms with Crippen LogP contribution in [0.5, 0.6) is 0 Å². The quantitative estimate of drug-likeness (QED) is 0.624. The van der Waals surface area contributed by atoms with Crippen molar-refractivity contribution in [2.75, 3.05) is 20.3 Å². The second kappa shape index (κ2) is 6.78. The van der Waals surface area contributed by atoms with Gasteiger partial charge in [0, 0.05) is 20.1 Å². The Bertz CT molecular complexity index is 600. The summed E-state index contributed by atoms with van der Waals surface area (Å²) in [4.78, 5) is 11.4. The van der Waals surface area contributed by atoms with E-state index in [1.165, 1.54) is 14.0 Å². The average Bonchev–Trinajstić information content (AvgIpc) is 2.36. The third-order valence-electron chi connectivity index (χ3n) is 2.50. The van der Waals surface area contributed by atoms with Crippen LogP contribution in [0.25, 0.3) is 0 Å².